The number of ketones is 1. The number of carbonyl (C=O) groups is 1. The molecule has 2 aromatic carbocycles. The number of fused-ring (bicyclic) bond motifs is 1. The highest BCUT2D eigenvalue weighted by Crippen LogP contribution is 2.17. The molecule has 0 saturated heterocycles. The van der Waals surface area contributed by atoms with Crippen molar-refractivity contribution < 1.29 is 4.79 Å². The van der Waals surface area contributed by atoms with Crippen LogP contribution in [0.5, 0.6) is 0 Å². The fourth-order valence-corrected chi connectivity index (χ4v) is 2.13. The van der Waals surface area contributed by atoms with Crippen LogP contribution in [0.15, 0.2) is 48.8 Å². The molecule has 1 heterocycles. The minimum Gasteiger partial charge on any atom is -0.285 e. The maximum atomic E-state index is 12.4. The second kappa shape index (κ2) is 4.65. The molecule has 0 saturated carbocycles. The highest BCUT2D eigenvalue weighted by atomic mass is 16.1. The van der Waals surface area contributed by atoms with Gasteiger partial charge < -0.3 is 0 Å². The van der Waals surface area contributed by atoms with E-state index in [2.05, 4.69) is 10.1 Å². The van der Waals surface area contributed by atoms with Crippen LogP contribution in [0.3, 0.4) is 0 Å². The van der Waals surface area contributed by atoms with Crippen LogP contribution in [-0.4, -0.2) is 20.5 Å². The quantitative estimate of drug-likeness (QED) is 0.672. The van der Waals surface area contributed by atoms with Gasteiger partial charge in [-0.3, -0.25) is 4.79 Å². The van der Waals surface area contributed by atoms with Crippen molar-refractivity contribution >= 4 is 16.6 Å². The summed E-state index contributed by atoms with van der Waals surface area (Å²) in [7, 11) is 0. The topological polar surface area (TPSA) is 47.8 Å². The summed E-state index contributed by atoms with van der Waals surface area (Å²) in [6.07, 6.45) is 1.41. The summed E-state index contributed by atoms with van der Waals surface area (Å²) in [6, 6.07) is 13.7. The Morgan fingerprint density at radius 2 is 1.95 bits per heavy atom. The highest BCUT2D eigenvalue weighted by Gasteiger charge is 2.15. The molecule has 3 aromatic rings. The molecule has 0 aliphatic rings. The molecule has 0 bridgehead atoms. The Kier molecular flexibility index (Phi) is 2.83. The molecule has 0 aliphatic carbocycles. The molecule has 0 spiro atoms. The van der Waals surface area contributed by atoms with Gasteiger partial charge in [0.05, 0.1) is 0 Å². The molecule has 0 radical (unpaired) electrons. The third-order valence-corrected chi connectivity index (χ3v) is 3.13. The Bertz CT molecular complexity index is 746. The molecule has 4 heteroatoms. The lowest BCUT2D eigenvalue weighted by atomic mass is 10.0. The van der Waals surface area contributed by atoms with Gasteiger partial charge in [0.1, 0.15) is 6.33 Å². The molecule has 0 unspecified atom stereocenters. The monoisotopic (exact) mass is 251 g/mol. The average molecular weight is 251 g/mol. The maximum absolute atomic E-state index is 12.4. The third-order valence-electron chi connectivity index (χ3n) is 3.13. The summed E-state index contributed by atoms with van der Waals surface area (Å²) in [6.45, 7) is 2.57. The van der Waals surface area contributed by atoms with Gasteiger partial charge >= 0.3 is 0 Å². The normalized spacial score (nSPS) is 10.8. The molecule has 0 aliphatic heterocycles. The van der Waals surface area contributed by atoms with Crippen LogP contribution in [0.2, 0.25) is 0 Å². The number of carbonyl (C=O) groups excluding carboxylic acids is 1. The van der Waals surface area contributed by atoms with Crippen LogP contribution in [0.4, 0.5) is 0 Å². The summed E-state index contributed by atoms with van der Waals surface area (Å²) in [5, 5.41) is 6.20. The number of hydrogen-bond acceptors (Lipinski definition) is 3. The van der Waals surface area contributed by atoms with Crippen molar-refractivity contribution in [3.8, 4) is 0 Å². The molecule has 3 rings (SSSR count). The van der Waals surface area contributed by atoms with E-state index in [-0.39, 0.29) is 5.78 Å². The Morgan fingerprint density at radius 3 is 2.74 bits per heavy atom. The number of hydrogen-bond donors (Lipinski definition) is 0. The van der Waals surface area contributed by atoms with Gasteiger partial charge in [-0.2, -0.15) is 5.10 Å². The fourth-order valence-electron chi connectivity index (χ4n) is 2.13. The van der Waals surface area contributed by atoms with Gasteiger partial charge in [0.15, 0.2) is 5.82 Å². The summed E-state index contributed by atoms with van der Waals surface area (Å²) in [4.78, 5) is 16.5. The Balaban J connectivity index is 2.06. The molecular weight excluding hydrogens is 238 g/mol. The Morgan fingerprint density at radius 1 is 1.16 bits per heavy atom. The van der Waals surface area contributed by atoms with E-state index in [1.807, 2.05) is 49.4 Å². The largest absolute Gasteiger partial charge is 0.285 e. The summed E-state index contributed by atoms with van der Waals surface area (Å²) >= 11 is 0. The summed E-state index contributed by atoms with van der Waals surface area (Å²) in [5.41, 5.74) is 0.640. The SMILES string of the molecule is CCn1ncnc1C(=O)c1ccc2ccccc2c1. The van der Waals surface area contributed by atoms with Crippen molar-refractivity contribution in [3.05, 3.63) is 60.2 Å². The number of nitrogens with zero attached hydrogens (tertiary/aromatic N) is 3. The second-order valence-electron chi connectivity index (χ2n) is 4.29. The third kappa shape index (κ3) is 2.01. The maximum Gasteiger partial charge on any atom is 0.229 e. The molecule has 4 nitrogen and oxygen atoms in total. The molecule has 0 amide bonds. The van der Waals surface area contributed by atoms with Crippen molar-refractivity contribution in [2.24, 2.45) is 0 Å². The van der Waals surface area contributed by atoms with E-state index in [1.54, 1.807) is 4.68 Å². The van der Waals surface area contributed by atoms with E-state index < -0.39 is 0 Å². The number of rotatable bonds is 3. The zero-order chi connectivity index (χ0) is 13.2. The number of benzene rings is 2. The molecule has 1 aromatic heterocycles. The van der Waals surface area contributed by atoms with Crippen LogP contribution in [0.25, 0.3) is 10.8 Å². The van der Waals surface area contributed by atoms with Gasteiger partial charge in [-0.15, -0.1) is 0 Å². The zero-order valence-electron chi connectivity index (χ0n) is 10.6. The minimum absolute atomic E-state index is 0.0925. The molecule has 0 N–H and O–H groups in total. The smallest absolute Gasteiger partial charge is 0.229 e. The van der Waals surface area contributed by atoms with Gasteiger partial charge in [0, 0.05) is 12.1 Å². The molecular formula is C15H13N3O. The van der Waals surface area contributed by atoms with Crippen molar-refractivity contribution in [2.75, 3.05) is 0 Å². The van der Waals surface area contributed by atoms with E-state index in [9.17, 15) is 4.79 Å². The van der Waals surface area contributed by atoms with E-state index >= 15 is 0 Å². The van der Waals surface area contributed by atoms with Gasteiger partial charge in [0.25, 0.3) is 0 Å². The van der Waals surface area contributed by atoms with Gasteiger partial charge in [0.2, 0.25) is 5.78 Å². The fraction of sp³-hybridized carbons (Fsp3) is 0.133. The van der Waals surface area contributed by atoms with Gasteiger partial charge in [-0.25, -0.2) is 9.67 Å². The number of aromatic nitrogens is 3. The van der Waals surface area contributed by atoms with Crippen LogP contribution in [-0.2, 0) is 6.54 Å². The first-order chi connectivity index (χ1) is 9.29. The average Bonchev–Trinajstić information content (AvgIpc) is 2.94. The van der Waals surface area contributed by atoms with Crippen LogP contribution < -0.4 is 0 Å². The van der Waals surface area contributed by atoms with E-state index in [0.29, 0.717) is 17.9 Å². The zero-order valence-corrected chi connectivity index (χ0v) is 10.6. The van der Waals surface area contributed by atoms with Gasteiger partial charge in [-0.1, -0.05) is 36.4 Å². The second-order valence-corrected chi connectivity index (χ2v) is 4.29. The Labute approximate surface area is 110 Å². The first-order valence-electron chi connectivity index (χ1n) is 6.21. The standard InChI is InChI=1S/C15H13N3O/c1-2-18-15(16-10-17-18)14(19)13-8-7-11-5-3-4-6-12(11)9-13/h3-10H,2H2,1H3. The predicted molar refractivity (Wildman–Crippen MR) is 73.1 cm³/mol. The number of aryl methyl sites for hydroxylation is 1. The molecule has 19 heavy (non-hydrogen) atoms. The van der Waals surface area contributed by atoms with E-state index in [4.69, 9.17) is 0 Å². The minimum atomic E-state index is -0.0925. The molecule has 0 atom stereocenters. The lowest BCUT2D eigenvalue weighted by Gasteiger charge is -2.04. The van der Waals surface area contributed by atoms with Crippen molar-refractivity contribution in [1.82, 2.24) is 14.8 Å². The lowest BCUT2D eigenvalue weighted by Crippen LogP contribution is -2.11. The first kappa shape index (κ1) is 11.6. The summed E-state index contributed by atoms with van der Waals surface area (Å²) < 4.78 is 1.61. The van der Waals surface area contributed by atoms with Crippen LogP contribution >= 0.6 is 0 Å². The first-order valence-corrected chi connectivity index (χ1v) is 6.21. The van der Waals surface area contributed by atoms with Crippen LogP contribution in [0, 0.1) is 0 Å². The van der Waals surface area contributed by atoms with Crippen molar-refractivity contribution in [1.29, 1.82) is 0 Å². The molecule has 0 fully saturated rings. The lowest BCUT2D eigenvalue weighted by molar-refractivity contribution is 0.102. The van der Waals surface area contributed by atoms with Crippen molar-refractivity contribution in [2.45, 2.75) is 13.5 Å². The molecule has 94 valence electrons. The summed E-state index contributed by atoms with van der Waals surface area (Å²) in [5.74, 6) is 0.294. The highest BCUT2D eigenvalue weighted by molar-refractivity contribution is 6.08. The van der Waals surface area contributed by atoms with E-state index in [1.165, 1.54) is 6.33 Å². The van der Waals surface area contributed by atoms with Crippen molar-refractivity contribution in [3.63, 3.8) is 0 Å². The van der Waals surface area contributed by atoms with Gasteiger partial charge in [-0.05, 0) is 23.8 Å². The predicted octanol–water partition coefficient (Wildman–Crippen LogP) is 2.68. The Hall–Kier alpha value is -2.49. The van der Waals surface area contributed by atoms with Crippen LogP contribution in [0.1, 0.15) is 23.1 Å². The van der Waals surface area contributed by atoms with E-state index in [0.717, 1.165) is 10.8 Å².